The molecule has 1 N–H and O–H groups in total. The average molecular weight is 337 g/mol. The zero-order valence-corrected chi connectivity index (χ0v) is 12.5. The van der Waals surface area contributed by atoms with Crippen molar-refractivity contribution in [1.82, 2.24) is 14.8 Å². The van der Waals surface area contributed by atoms with Crippen LogP contribution in [0.2, 0.25) is 0 Å². The fourth-order valence-electron chi connectivity index (χ4n) is 1.55. The highest BCUT2D eigenvalue weighted by atomic mass is 79.9. The van der Waals surface area contributed by atoms with E-state index in [-0.39, 0.29) is 12.1 Å². The first-order valence-electron chi connectivity index (χ1n) is 6.02. The Bertz CT molecular complexity index is 699. The SMILES string of the molecule is C#CCn1ncc(NCc2ncc(CC)o2)c(Br)c1=O. The number of rotatable bonds is 5. The predicted octanol–water partition coefficient (Wildman–Crippen LogP) is 1.80. The second-order valence-corrected chi connectivity index (χ2v) is 4.76. The first kappa shape index (κ1) is 14.3. The van der Waals surface area contributed by atoms with Crippen molar-refractivity contribution < 1.29 is 4.42 Å². The average Bonchev–Trinajstić information content (AvgIpc) is 2.91. The van der Waals surface area contributed by atoms with Crippen molar-refractivity contribution in [2.24, 2.45) is 0 Å². The lowest BCUT2D eigenvalue weighted by atomic mass is 10.4. The summed E-state index contributed by atoms with van der Waals surface area (Å²) in [5.41, 5.74) is 0.286. The maximum Gasteiger partial charge on any atom is 0.284 e. The van der Waals surface area contributed by atoms with Crippen molar-refractivity contribution in [2.75, 3.05) is 5.32 Å². The van der Waals surface area contributed by atoms with Gasteiger partial charge in [0.1, 0.15) is 16.8 Å². The number of nitrogens with one attached hydrogen (secondary N) is 1. The number of aryl methyl sites for hydroxylation is 1. The van der Waals surface area contributed by atoms with E-state index < -0.39 is 0 Å². The number of anilines is 1. The van der Waals surface area contributed by atoms with Crippen LogP contribution in [0.4, 0.5) is 5.69 Å². The molecule has 0 aliphatic rings. The number of aromatic nitrogens is 3. The predicted molar refractivity (Wildman–Crippen MR) is 78.2 cm³/mol. The van der Waals surface area contributed by atoms with E-state index >= 15 is 0 Å². The van der Waals surface area contributed by atoms with Crippen LogP contribution in [0.15, 0.2) is 26.1 Å². The molecule has 0 atom stereocenters. The molecule has 0 aliphatic carbocycles. The quantitative estimate of drug-likeness (QED) is 0.843. The van der Waals surface area contributed by atoms with Crippen LogP contribution >= 0.6 is 15.9 Å². The van der Waals surface area contributed by atoms with Gasteiger partial charge in [-0.2, -0.15) is 5.10 Å². The van der Waals surface area contributed by atoms with Gasteiger partial charge >= 0.3 is 0 Å². The van der Waals surface area contributed by atoms with Gasteiger partial charge in [0, 0.05) is 6.42 Å². The Morgan fingerprint density at radius 2 is 2.35 bits per heavy atom. The molecule has 20 heavy (non-hydrogen) atoms. The summed E-state index contributed by atoms with van der Waals surface area (Å²) in [6.45, 7) is 2.50. The fraction of sp³-hybridized carbons (Fsp3) is 0.308. The van der Waals surface area contributed by atoms with E-state index in [0.717, 1.165) is 12.2 Å². The molecule has 0 spiro atoms. The van der Waals surface area contributed by atoms with E-state index in [0.29, 0.717) is 22.6 Å². The highest BCUT2D eigenvalue weighted by Gasteiger charge is 2.09. The smallest absolute Gasteiger partial charge is 0.284 e. The van der Waals surface area contributed by atoms with Gasteiger partial charge in [0.05, 0.1) is 24.6 Å². The third-order valence-corrected chi connectivity index (χ3v) is 3.37. The normalized spacial score (nSPS) is 10.2. The van der Waals surface area contributed by atoms with Crippen molar-refractivity contribution in [1.29, 1.82) is 0 Å². The summed E-state index contributed by atoms with van der Waals surface area (Å²) in [6.07, 6.45) is 9.18. The van der Waals surface area contributed by atoms with Crippen LogP contribution in [0.3, 0.4) is 0 Å². The molecule has 6 nitrogen and oxygen atoms in total. The van der Waals surface area contributed by atoms with Crippen LogP contribution in [-0.2, 0) is 19.5 Å². The van der Waals surface area contributed by atoms with Gasteiger partial charge in [0.2, 0.25) is 5.89 Å². The molecule has 0 saturated carbocycles. The van der Waals surface area contributed by atoms with E-state index in [1.165, 1.54) is 10.9 Å². The zero-order valence-electron chi connectivity index (χ0n) is 10.9. The number of terminal acetylenes is 1. The molecule has 2 rings (SSSR count). The van der Waals surface area contributed by atoms with Gasteiger partial charge in [0.15, 0.2) is 0 Å². The minimum absolute atomic E-state index is 0.136. The molecule has 0 aromatic carbocycles. The minimum atomic E-state index is -0.283. The Morgan fingerprint density at radius 3 is 3.00 bits per heavy atom. The summed E-state index contributed by atoms with van der Waals surface area (Å²) in [7, 11) is 0. The number of halogens is 1. The van der Waals surface area contributed by atoms with Crippen LogP contribution in [0, 0.1) is 12.3 Å². The van der Waals surface area contributed by atoms with Crippen LogP contribution in [0.25, 0.3) is 0 Å². The summed E-state index contributed by atoms with van der Waals surface area (Å²) in [6, 6.07) is 0. The maximum absolute atomic E-state index is 11.9. The van der Waals surface area contributed by atoms with Crippen LogP contribution in [-0.4, -0.2) is 14.8 Å². The Balaban J connectivity index is 2.12. The number of hydrogen-bond acceptors (Lipinski definition) is 5. The molecule has 0 saturated heterocycles. The molecular weight excluding hydrogens is 324 g/mol. The summed E-state index contributed by atoms with van der Waals surface area (Å²) in [4.78, 5) is 16.0. The van der Waals surface area contributed by atoms with Crippen LogP contribution < -0.4 is 10.9 Å². The van der Waals surface area contributed by atoms with Gasteiger partial charge in [-0.05, 0) is 15.9 Å². The van der Waals surface area contributed by atoms with E-state index in [9.17, 15) is 4.79 Å². The van der Waals surface area contributed by atoms with E-state index in [1.807, 2.05) is 6.92 Å². The highest BCUT2D eigenvalue weighted by Crippen LogP contribution is 2.17. The van der Waals surface area contributed by atoms with Gasteiger partial charge in [-0.3, -0.25) is 4.79 Å². The van der Waals surface area contributed by atoms with E-state index in [1.54, 1.807) is 6.20 Å². The topological polar surface area (TPSA) is 73.0 Å². The van der Waals surface area contributed by atoms with Gasteiger partial charge < -0.3 is 9.73 Å². The van der Waals surface area contributed by atoms with Crippen molar-refractivity contribution >= 4 is 21.6 Å². The Labute approximate surface area is 124 Å². The first-order valence-corrected chi connectivity index (χ1v) is 6.81. The lowest BCUT2D eigenvalue weighted by Gasteiger charge is -2.07. The molecule has 2 aromatic heterocycles. The largest absolute Gasteiger partial charge is 0.444 e. The van der Waals surface area contributed by atoms with E-state index in [4.69, 9.17) is 10.8 Å². The third-order valence-electron chi connectivity index (χ3n) is 2.61. The summed E-state index contributed by atoms with van der Waals surface area (Å²) in [5, 5.41) is 7.03. The minimum Gasteiger partial charge on any atom is -0.444 e. The second-order valence-electron chi connectivity index (χ2n) is 3.97. The Kier molecular flexibility index (Phi) is 4.58. The Hall–Kier alpha value is -2.07. The molecule has 0 fully saturated rings. The third kappa shape index (κ3) is 3.08. The monoisotopic (exact) mass is 336 g/mol. The zero-order chi connectivity index (χ0) is 14.5. The van der Waals surface area contributed by atoms with E-state index in [2.05, 4.69) is 37.2 Å². The summed E-state index contributed by atoms with van der Waals surface area (Å²) >= 11 is 3.24. The molecule has 2 heterocycles. The molecule has 0 radical (unpaired) electrons. The van der Waals surface area contributed by atoms with Crippen LogP contribution in [0.1, 0.15) is 18.6 Å². The van der Waals surface area contributed by atoms with Crippen molar-refractivity contribution in [2.45, 2.75) is 26.4 Å². The molecule has 0 amide bonds. The molecule has 7 heteroatoms. The molecule has 0 bridgehead atoms. The molecule has 104 valence electrons. The standard InChI is InChI=1S/C13H13BrN4O2/c1-3-5-18-13(19)12(14)10(7-17-18)15-8-11-16-6-9(4-2)20-11/h1,6-7,15H,4-5,8H2,2H3. The lowest BCUT2D eigenvalue weighted by Crippen LogP contribution is -2.24. The Morgan fingerprint density at radius 1 is 1.55 bits per heavy atom. The first-order chi connectivity index (χ1) is 9.65. The van der Waals surface area contributed by atoms with Crippen LogP contribution in [0.5, 0.6) is 0 Å². The van der Waals surface area contributed by atoms with Gasteiger partial charge in [-0.25, -0.2) is 9.67 Å². The molecule has 0 unspecified atom stereocenters. The van der Waals surface area contributed by atoms with Crippen molar-refractivity contribution in [3.63, 3.8) is 0 Å². The summed E-state index contributed by atoms with van der Waals surface area (Å²) < 4.78 is 7.05. The van der Waals surface area contributed by atoms with Gasteiger partial charge in [-0.1, -0.05) is 12.8 Å². The van der Waals surface area contributed by atoms with Gasteiger partial charge in [-0.15, -0.1) is 6.42 Å². The maximum atomic E-state index is 11.9. The van der Waals surface area contributed by atoms with Crippen molar-refractivity contribution in [3.8, 4) is 12.3 Å². The fourth-order valence-corrected chi connectivity index (χ4v) is 2.00. The van der Waals surface area contributed by atoms with Gasteiger partial charge in [0.25, 0.3) is 5.56 Å². The molecular formula is C13H13BrN4O2. The number of nitrogens with zero attached hydrogens (tertiary/aromatic N) is 3. The van der Waals surface area contributed by atoms with Crippen molar-refractivity contribution in [3.05, 3.63) is 38.9 Å². The highest BCUT2D eigenvalue weighted by molar-refractivity contribution is 9.10. The second kappa shape index (κ2) is 6.39. The summed E-state index contributed by atoms with van der Waals surface area (Å²) in [5.74, 6) is 3.75. The lowest BCUT2D eigenvalue weighted by molar-refractivity contribution is 0.465. The number of oxazole rings is 1. The molecule has 0 aliphatic heterocycles. The molecule has 2 aromatic rings. The number of hydrogen-bond donors (Lipinski definition) is 1.